The molecule has 14 nitrogen and oxygen atoms in total. The zero-order valence-electron chi connectivity index (χ0n) is 32.3. The predicted octanol–water partition coefficient (Wildman–Crippen LogP) is 5.28. The monoisotopic (exact) mass is 837 g/mol. The first-order chi connectivity index (χ1) is 27.2. The van der Waals surface area contributed by atoms with Crippen molar-refractivity contribution < 1.29 is 59.4 Å². The summed E-state index contributed by atoms with van der Waals surface area (Å²) in [5.74, 6) is -3.92. The number of hydrogen-bond donors (Lipinski definition) is 3. The van der Waals surface area contributed by atoms with Crippen molar-refractivity contribution in [3.05, 3.63) is 65.0 Å². The third-order valence-corrected chi connectivity index (χ3v) is 12.3. The fourth-order valence-electron chi connectivity index (χ4n) is 7.95. The van der Waals surface area contributed by atoms with Crippen molar-refractivity contribution in [2.24, 2.45) is 5.92 Å². The molecule has 58 heavy (non-hydrogen) atoms. The average Bonchev–Trinajstić information content (AvgIpc) is 3.42. The van der Waals surface area contributed by atoms with Gasteiger partial charge in [0.15, 0.2) is 0 Å². The SMILES string of the molecule is CC(C)(C)OC(=O)N[C@H]1CCCCCCC[C@H]2C[C@]2(C(=O)NS(=O)(=O)c2ccccc2C(F)(F)F)NC(=O)[C@@H]2C[C@@H](OC(=O)N3Cc4cccc(F)c4C3)CN2C1=O. The van der Waals surface area contributed by atoms with Crippen molar-refractivity contribution in [1.82, 2.24) is 25.2 Å². The van der Waals surface area contributed by atoms with Crippen LogP contribution in [0.25, 0.3) is 0 Å². The van der Waals surface area contributed by atoms with E-state index in [1.807, 2.05) is 0 Å². The largest absolute Gasteiger partial charge is 0.444 e. The molecule has 1 saturated carbocycles. The molecule has 2 aromatic carbocycles. The van der Waals surface area contributed by atoms with Gasteiger partial charge in [-0.15, -0.1) is 0 Å². The number of hydrogen-bond acceptors (Lipinski definition) is 9. The molecule has 2 saturated heterocycles. The van der Waals surface area contributed by atoms with E-state index in [2.05, 4.69) is 10.6 Å². The highest BCUT2D eigenvalue weighted by atomic mass is 32.2. The molecule has 0 spiro atoms. The summed E-state index contributed by atoms with van der Waals surface area (Å²) in [6.45, 7) is 4.62. The van der Waals surface area contributed by atoms with Gasteiger partial charge in [0.1, 0.15) is 35.1 Å². The Bertz CT molecular complexity index is 2060. The Morgan fingerprint density at radius 2 is 1.62 bits per heavy atom. The van der Waals surface area contributed by atoms with Crippen molar-refractivity contribution in [2.45, 2.75) is 132 Å². The number of benzene rings is 2. The normalized spacial score (nSPS) is 25.6. The van der Waals surface area contributed by atoms with Crippen molar-refractivity contribution in [3.63, 3.8) is 0 Å². The maximum absolute atomic E-state index is 14.5. The van der Waals surface area contributed by atoms with E-state index in [-0.39, 0.29) is 38.9 Å². The van der Waals surface area contributed by atoms with Gasteiger partial charge >= 0.3 is 18.4 Å². The summed E-state index contributed by atoms with van der Waals surface area (Å²) >= 11 is 0. The lowest BCUT2D eigenvalue weighted by Crippen LogP contribution is -2.58. The summed E-state index contributed by atoms with van der Waals surface area (Å²) in [6, 6.07) is 5.28. The lowest BCUT2D eigenvalue weighted by atomic mass is 10.0. The molecule has 0 bridgehead atoms. The molecule has 0 aromatic heterocycles. The zero-order chi connectivity index (χ0) is 42.2. The summed E-state index contributed by atoms with van der Waals surface area (Å²) in [6.07, 6.45) is -4.45. The molecule has 3 N–H and O–H groups in total. The van der Waals surface area contributed by atoms with E-state index in [1.165, 1.54) is 17.0 Å². The Morgan fingerprint density at radius 1 is 0.931 bits per heavy atom. The van der Waals surface area contributed by atoms with Gasteiger partial charge in [0.25, 0.3) is 15.9 Å². The second-order valence-electron chi connectivity index (χ2n) is 16.3. The number of nitrogens with one attached hydrogen (secondary N) is 3. The van der Waals surface area contributed by atoms with Crippen LogP contribution in [-0.2, 0) is 53.1 Å². The molecule has 3 aliphatic heterocycles. The number of fused-ring (bicyclic) bond motifs is 3. The Hall–Kier alpha value is -4.94. The molecule has 3 fully saturated rings. The van der Waals surface area contributed by atoms with E-state index < -0.39 is 97.6 Å². The summed E-state index contributed by atoms with van der Waals surface area (Å²) in [5, 5.41) is 5.26. The van der Waals surface area contributed by atoms with Gasteiger partial charge in [-0.25, -0.2) is 27.1 Å². The molecular formula is C39H47F4N5O9S. The van der Waals surface area contributed by atoms with E-state index in [1.54, 1.807) is 31.6 Å². The van der Waals surface area contributed by atoms with Gasteiger partial charge in [-0.2, -0.15) is 13.2 Å². The number of nitrogens with zero attached hydrogens (tertiary/aromatic N) is 2. The van der Waals surface area contributed by atoms with E-state index >= 15 is 0 Å². The van der Waals surface area contributed by atoms with Gasteiger partial charge in [-0.3, -0.25) is 19.3 Å². The third-order valence-electron chi connectivity index (χ3n) is 10.9. The van der Waals surface area contributed by atoms with Crippen LogP contribution in [0.1, 0.15) is 95.2 Å². The smallest absolute Gasteiger partial charge is 0.417 e. The first-order valence-electron chi connectivity index (χ1n) is 19.3. The maximum atomic E-state index is 14.5. The van der Waals surface area contributed by atoms with Gasteiger partial charge in [0, 0.05) is 18.5 Å². The fraction of sp³-hybridized carbons (Fsp3) is 0.564. The van der Waals surface area contributed by atoms with Gasteiger partial charge in [0.2, 0.25) is 11.8 Å². The van der Waals surface area contributed by atoms with E-state index in [9.17, 15) is 50.0 Å². The van der Waals surface area contributed by atoms with E-state index in [4.69, 9.17) is 9.47 Å². The maximum Gasteiger partial charge on any atom is 0.417 e. The number of alkyl halides is 3. The van der Waals surface area contributed by atoms with Crippen LogP contribution in [-0.4, -0.2) is 84.0 Å². The van der Waals surface area contributed by atoms with Crippen LogP contribution in [0.5, 0.6) is 0 Å². The first kappa shape index (κ1) is 42.7. The Morgan fingerprint density at radius 3 is 2.31 bits per heavy atom. The molecule has 0 radical (unpaired) electrons. The van der Waals surface area contributed by atoms with Crippen molar-refractivity contribution in [1.29, 1.82) is 0 Å². The number of ether oxygens (including phenoxy) is 2. The minimum Gasteiger partial charge on any atom is -0.444 e. The number of amides is 5. The number of sulfonamides is 1. The molecule has 3 heterocycles. The number of rotatable bonds is 5. The predicted molar refractivity (Wildman–Crippen MR) is 197 cm³/mol. The van der Waals surface area contributed by atoms with E-state index in [0.29, 0.717) is 55.7 Å². The third kappa shape index (κ3) is 9.50. The molecule has 5 amide bonds. The fourth-order valence-corrected chi connectivity index (χ4v) is 9.22. The summed E-state index contributed by atoms with van der Waals surface area (Å²) in [7, 11) is -5.10. The molecule has 316 valence electrons. The average molecular weight is 838 g/mol. The first-order valence-corrected chi connectivity index (χ1v) is 20.7. The number of alkyl carbamates (subject to hydrolysis) is 1. The quantitative estimate of drug-likeness (QED) is 0.338. The minimum absolute atomic E-state index is 0.0327. The van der Waals surface area contributed by atoms with Crippen molar-refractivity contribution in [2.75, 3.05) is 6.54 Å². The van der Waals surface area contributed by atoms with Gasteiger partial charge in [0.05, 0.1) is 23.5 Å². The van der Waals surface area contributed by atoms with Crippen LogP contribution in [0.4, 0.5) is 27.2 Å². The van der Waals surface area contributed by atoms with Crippen LogP contribution >= 0.6 is 0 Å². The molecular weight excluding hydrogens is 791 g/mol. The highest BCUT2D eigenvalue weighted by molar-refractivity contribution is 7.90. The summed E-state index contributed by atoms with van der Waals surface area (Å²) < 4.78 is 95.6. The minimum atomic E-state index is -5.10. The van der Waals surface area contributed by atoms with Crippen molar-refractivity contribution >= 4 is 39.9 Å². The van der Waals surface area contributed by atoms with E-state index in [0.717, 1.165) is 23.1 Å². The molecule has 1 aliphatic carbocycles. The van der Waals surface area contributed by atoms with Gasteiger partial charge in [-0.05, 0) is 69.7 Å². The lowest BCUT2D eigenvalue weighted by molar-refractivity contribution is -0.141. The number of carbonyl (C=O) groups excluding carboxylic acids is 5. The van der Waals surface area contributed by atoms with Crippen LogP contribution in [0.15, 0.2) is 47.4 Å². The highest BCUT2D eigenvalue weighted by Gasteiger charge is 2.62. The molecule has 5 atom stereocenters. The lowest BCUT2D eigenvalue weighted by Gasteiger charge is -2.30. The second-order valence-corrected chi connectivity index (χ2v) is 18.0. The second kappa shape index (κ2) is 16.4. The molecule has 19 heteroatoms. The Balaban J connectivity index is 1.27. The molecule has 4 aliphatic rings. The van der Waals surface area contributed by atoms with Crippen LogP contribution in [0.2, 0.25) is 0 Å². The Kier molecular flexibility index (Phi) is 12.0. The number of carbonyl (C=O) groups is 5. The summed E-state index contributed by atoms with van der Waals surface area (Å²) in [5.41, 5.74) is -3.33. The van der Waals surface area contributed by atoms with Crippen molar-refractivity contribution in [3.8, 4) is 0 Å². The van der Waals surface area contributed by atoms with Crippen LogP contribution in [0.3, 0.4) is 0 Å². The molecule has 6 rings (SSSR count). The van der Waals surface area contributed by atoms with Gasteiger partial charge in [-0.1, -0.05) is 56.4 Å². The van der Waals surface area contributed by atoms with Crippen LogP contribution < -0.4 is 15.4 Å². The zero-order valence-corrected chi connectivity index (χ0v) is 33.1. The standard InChI is InChI=1S/C39H47F4N5O9S/c1-37(2,3)57-35(52)44-29-16-8-6-4-5-7-13-24-19-38(24,34(51)46-58(54,55)31-17-10-9-14-27(31)39(41,42)43)45-32(49)30-18-25(21-48(30)33(29)50)56-36(53)47-20-23-12-11-15-28(40)26(23)22-47/h9-12,14-15,17,24-25,29-30H,4-8,13,16,18-22H2,1-3H3,(H,44,52)(H,45,49)(H,46,51)/t24-,25+,29-,30-,38-/m0/s1. The van der Waals surface area contributed by atoms with Gasteiger partial charge < -0.3 is 25.0 Å². The molecule has 2 aromatic rings. The topological polar surface area (TPSA) is 181 Å². The highest BCUT2D eigenvalue weighted by Crippen LogP contribution is 2.48. The molecule has 0 unspecified atom stereocenters. The number of halogens is 4. The van der Waals surface area contributed by atoms with Crippen LogP contribution in [0, 0.1) is 11.7 Å². The Labute approximate surface area is 333 Å². The summed E-state index contributed by atoms with van der Waals surface area (Å²) in [4.78, 5) is 70.2.